The predicted octanol–water partition coefficient (Wildman–Crippen LogP) is -2.72. The van der Waals surface area contributed by atoms with E-state index in [2.05, 4.69) is 25.8 Å². The molecule has 0 saturated carbocycles. The third-order valence-electron chi connectivity index (χ3n) is 4.99. The molecule has 172 valence electrons. The molecule has 0 spiro atoms. The van der Waals surface area contributed by atoms with E-state index in [1.54, 1.807) is 13.8 Å². The Hall–Kier alpha value is -0.147. The van der Waals surface area contributed by atoms with Gasteiger partial charge in [-0.05, 0) is 29.8 Å². The normalized spacial score (nSPS) is 14.6. The molecule has 0 unspecified atom stereocenters. The van der Waals surface area contributed by atoms with Crippen LogP contribution in [0, 0.1) is 0 Å². The Morgan fingerprint density at radius 1 is 1.23 bits per heavy atom. The Bertz CT molecular complexity index is 1470. The first kappa shape index (κ1) is 31.1. The first-order valence-corrected chi connectivity index (χ1v) is 11.8. The summed E-state index contributed by atoms with van der Waals surface area (Å²) in [5.74, 6) is -1.15. The van der Waals surface area contributed by atoms with Crippen molar-refractivity contribution < 1.29 is 130 Å². The zero-order chi connectivity index (χ0) is 24.1. The van der Waals surface area contributed by atoms with Gasteiger partial charge in [-0.2, -0.15) is 0 Å². The quantitative estimate of drug-likeness (QED) is 0.196. The Morgan fingerprint density at radius 2 is 1.91 bits per heavy atom. The number of carbonyl (C=O) groups is 2. The van der Waals surface area contributed by atoms with Crippen LogP contribution in [0.15, 0.2) is 39.4 Å². The van der Waals surface area contributed by atoms with E-state index in [1.165, 1.54) is 25.1 Å². The van der Waals surface area contributed by atoms with Crippen molar-refractivity contribution in [2.24, 2.45) is 10.2 Å². The minimum Gasteiger partial charge on any atom is -0.871 e. The summed E-state index contributed by atoms with van der Waals surface area (Å²) in [5, 5.41) is 26.5. The molecule has 2 N–H and O–H groups in total. The summed E-state index contributed by atoms with van der Waals surface area (Å²) in [4.78, 5) is 27.7. The van der Waals surface area contributed by atoms with E-state index in [0.717, 1.165) is 17.4 Å². The number of hydrogen-bond acceptors (Lipinski definition) is 10. The van der Waals surface area contributed by atoms with Crippen LogP contribution < -0.4 is 119 Å². The molecule has 11 nitrogen and oxygen atoms in total. The number of hydrogen-bond donors (Lipinski definition) is 2. The summed E-state index contributed by atoms with van der Waals surface area (Å²) in [5.41, 5.74) is 0.290. The molecule has 4 rings (SSSR count). The number of nitrogens with zero attached hydrogens (tertiary/aromatic N) is 3. The van der Waals surface area contributed by atoms with E-state index < -0.39 is 27.2 Å². The zero-order valence-electron chi connectivity index (χ0n) is 19.6. The second kappa shape index (κ2) is 11.7. The number of carbonyl (C=O) groups excluding carboxylic acids is 2. The second-order valence-electron chi connectivity index (χ2n) is 8.09. The molecule has 0 atom stereocenters. The van der Waals surface area contributed by atoms with Gasteiger partial charge in [-0.15, -0.1) is 10.2 Å². The molecule has 0 saturated heterocycles. The zero-order valence-corrected chi connectivity index (χ0v) is 27.5. The van der Waals surface area contributed by atoms with Gasteiger partial charge in [0.15, 0.2) is 0 Å². The second-order valence-corrected chi connectivity index (χ2v) is 10.5. The maximum absolute atomic E-state index is 13.0. The van der Waals surface area contributed by atoms with Gasteiger partial charge in [0.05, 0.1) is 20.8 Å². The summed E-state index contributed by atoms with van der Waals surface area (Å²) in [7, 11) is -4.62. The topological polar surface area (TPSA) is 176 Å². The fraction of sp³-hybridized carbons (Fsp3) is 0.250. The van der Waals surface area contributed by atoms with Crippen LogP contribution in [0.3, 0.4) is 0 Å². The maximum atomic E-state index is 13.0. The maximum Gasteiger partial charge on any atom is 1.00 e. The number of amides is 2. The van der Waals surface area contributed by atoms with E-state index in [4.69, 9.17) is 0 Å². The third kappa shape index (κ3) is 6.84. The summed E-state index contributed by atoms with van der Waals surface area (Å²) in [6.07, 6.45) is 0.0815. The first-order valence-electron chi connectivity index (χ1n) is 9.59. The molecule has 0 radical (unpaired) electrons. The van der Waals surface area contributed by atoms with Crippen LogP contribution in [0.2, 0.25) is 0 Å². The van der Waals surface area contributed by atoms with Crippen molar-refractivity contribution in [3.05, 3.63) is 29.8 Å². The van der Waals surface area contributed by atoms with Crippen LogP contribution >= 0.6 is 11.3 Å². The number of nitrogens with one attached hydrogen (secondary N) is 2. The van der Waals surface area contributed by atoms with Crippen molar-refractivity contribution >= 4 is 65.7 Å². The van der Waals surface area contributed by atoms with Crippen molar-refractivity contribution in [2.75, 3.05) is 10.6 Å². The van der Waals surface area contributed by atoms with Gasteiger partial charge in [0.1, 0.15) is 15.8 Å². The first-order chi connectivity index (χ1) is 15.3. The molecule has 2 aromatic carbocycles. The van der Waals surface area contributed by atoms with Gasteiger partial charge in [-0.25, -0.2) is 13.4 Å². The van der Waals surface area contributed by atoms with Crippen molar-refractivity contribution in [3.8, 4) is 5.75 Å². The molecule has 3 aromatic rings. The van der Waals surface area contributed by atoms with Crippen LogP contribution in [0.1, 0.15) is 32.8 Å². The van der Waals surface area contributed by atoms with Crippen molar-refractivity contribution in [1.29, 1.82) is 0 Å². The van der Waals surface area contributed by atoms with Crippen molar-refractivity contribution in [3.63, 3.8) is 0 Å². The Morgan fingerprint density at radius 3 is 2.54 bits per heavy atom. The third-order valence-corrected chi connectivity index (χ3v) is 6.73. The SMILES string of the molecule is CC(=O)Nc1cc(N=Nc2nc3ccc(S(=O)(=O)[O-])cc3s2)c2c(c1[O-])C(C)(C)CC(=O)N2.[K+].[K+]. The van der Waals surface area contributed by atoms with Crippen molar-refractivity contribution in [2.45, 2.75) is 37.5 Å². The number of fused-ring (bicyclic) bond motifs is 2. The number of rotatable bonds is 4. The van der Waals surface area contributed by atoms with Gasteiger partial charge < -0.3 is 20.3 Å². The largest absolute Gasteiger partial charge is 1.00 e. The number of aromatic nitrogens is 1. The summed E-state index contributed by atoms with van der Waals surface area (Å²) in [6, 6.07) is 5.08. The minimum absolute atomic E-state index is 0. The van der Waals surface area contributed by atoms with Crippen LogP contribution in [0.4, 0.5) is 22.2 Å². The standard InChI is InChI=1S/C20H19N5O6S2.2K/c1-9(26)21-13-7-12(17-16(18(13)28)20(2,3)8-15(27)23-17)24-25-19-22-11-5-4-10(33(29,30)31)6-14(11)32-19;;/h4-7,28H,8H2,1-3H3,(H,21,26)(H,23,27)(H,29,30,31);;/q;2*+1/p-2. The molecular weight excluding hydrogens is 549 g/mol. The molecule has 1 aromatic heterocycles. The Labute approximate surface area is 290 Å². The fourth-order valence-electron chi connectivity index (χ4n) is 3.65. The molecule has 2 heterocycles. The van der Waals surface area contributed by atoms with Crippen LogP contribution in [-0.2, 0) is 25.1 Å². The van der Waals surface area contributed by atoms with Gasteiger partial charge in [0, 0.05) is 24.4 Å². The summed E-state index contributed by atoms with van der Waals surface area (Å²) in [6.45, 7) is 4.77. The minimum atomic E-state index is -4.62. The fourth-order valence-corrected chi connectivity index (χ4v) is 5.04. The molecule has 15 heteroatoms. The smallest absolute Gasteiger partial charge is 0.871 e. The summed E-state index contributed by atoms with van der Waals surface area (Å²) < 4.78 is 34.1. The molecule has 0 aliphatic carbocycles. The van der Waals surface area contributed by atoms with Gasteiger partial charge >= 0.3 is 103 Å². The van der Waals surface area contributed by atoms with Crippen LogP contribution in [-0.4, -0.2) is 29.8 Å². The molecule has 1 aliphatic heterocycles. The number of azo groups is 1. The van der Waals surface area contributed by atoms with Crippen LogP contribution in [0.5, 0.6) is 5.75 Å². The average molecular weight is 566 g/mol. The van der Waals surface area contributed by atoms with Crippen molar-refractivity contribution in [1.82, 2.24) is 4.98 Å². The molecular formula is C20H17K2N5O6S2. The van der Waals surface area contributed by atoms with E-state index in [0.29, 0.717) is 15.8 Å². The monoisotopic (exact) mass is 565 g/mol. The summed E-state index contributed by atoms with van der Waals surface area (Å²) >= 11 is 1.01. The molecule has 35 heavy (non-hydrogen) atoms. The van der Waals surface area contributed by atoms with Gasteiger partial charge in [-0.3, -0.25) is 9.59 Å². The molecule has 2 amide bonds. The van der Waals surface area contributed by atoms with E-state index in [-0.39, 0.29) is 142 Å². The number of thiazole rings is 1. The Kier molecular flexibility index (Phi) is 10.4. The molecule has 0 fully saturated rings. The van der Waals surface area contributed by atoms with E-state index >= 15 is 0 Å². The number of benzene rings is 2. The predicted molar refractivity (Wildman–Crippen MR) is 118 cm³/mol. The molecule has 1 aliphatic rings. The van der Waals surface area contributed by atoms with Crippen LogP contribution in [0.25, 0.3) is 10.2 Å². The van der Waals surface area contributed by atoms with Gasteiger partial charge in [-0.1, -0.05) is 30.9 Å². The number of anilines is 2. The van der Waals surface area contributed by atoms with Gasteiger partial charge in [0.25, 0.3) is 0 Å². The van der Waals surface area contributed by atoms with E-state index in [1.807, 2.05) is 0 Å². The van der Waals surface area contributed by atoms with Gasteiger partial charge in [0.2, 0.25) is 16.9 Å². The molecule has 0 bridgehead atoms. The average Bonchev–Trinajstić information content (AvgIpc) is 3.09. The Balaban J connectivity index is 0.00000216. The van der Waals surface area contributed by atoms with E-state index in [9.17, 15) is 27.7 Å².